The van der Waals surface area contributed by atoms with E-state index in [9.17, 15) is 4.79 Å². The summed E-state index contributed by atoms with van der Waals surface area (Å²) in [4.78, 5) is 23.4. The predicted octanol–water partition coefficient (Wildman–Crippen LogP) is 4.88. The van der Waals surface area contributed by atoms with Gasteiger partial charge in [0.2, 0.25) is 0 Å². The summed E-state index contributed by atoms with van der Waals surface area (Å²) in [6.45, 7) is 0. The van der Waals surface area contributed by atoms with Crippen LogP contribution in [0.5, 0.6) is 0 Å². The number of hydrogen-bond acceptors (Lipinski definition) is 3. The molecule has 6 nitrogen and oxygen atoms in total. The van der Waals surface area contributed by atoms with Crippen LogP contribution in [0.3, 0.4) is 0 Å². The molecule has 1 aliphatic carbocycles. The summed E-state index contributed by atoms with van der Waals surface area (Å²) in [6, 6.07) is 19.7. The molecule has 2 aromatic carbocycles. The van der Waals surface area contributed by atoms with Crippen LogP contribution in [0.2, 0.25) is 0 Å². The van der Waals surface area contributed by atoms with Crippen molar-refractivity contribution in [3.8, 4) is 0 Å². The van der Waals surface area contributed by atoms with Crippen molar-refractivity contribution < 1.29 is 0 Å². The van der Waals surface area contributed by atoms with Crippen molar-refractivity contribution in [3.63, 3.8) is 0 Å². The molecule has 2 heterocycles. The van der Waals surface area contributed by atoms with Gasteiger partial charge in [0.25, 0.3) is 0 Å². The molecule has 1 saturated carbocycles. The number of nitrogens with zero attached hydrogens (tertiary/aromatic N) is 1. The second-order valence-corrected chi connectivity index (χ2v) is 9.55. The van der Waals surface area contributed by atoms with Crippen molar-refractivity contribution in [2.75, 3.05) is 14.1 Å². The van der Waals surface area contributed by atoms with Gasteiger partial charge in [0, 0.05) is 34.9 Å². The first-order chi connectivity index (χ1) is 16.0. The molecule has 0 radical (unpaired) electrons. The summed E-state index contributed by atoms with van der Waals surface area (Å²) in [6.07, 6.45) is 9.10. The summed E-state index contributed by atoms with van der Waals surface area (Å²) in [5.74, 6) is 0. The Hall–Kier alpha value is -2.80. The molecule has 1 aliphatic rings. The number of imidazole rings is 1. The lowest BCUT2D eigenvalue weighted by Crippen LogP contribution is -2.48. The molecule has 4 N–H and O–H groups in total. The van der Waals surface area contributed by atoms with Gasteiger partial charge in [-0.2, -0.15) is 0 Å². The molecule has 2 aromatic heterocycles. The number of aromatic amines is 3. The van der Waals surface area contributed by atoms with E-state index < -0.39 is 0 Å². The van der Waals surface area contributed by atoms with Crippen LogP contribution in [0.4, 0.5) is 0 Å². The van der Waals surface area contributed by atoms with Gasteiger partial charge >= 0.3 is 5.69 Å². The average Bonchev–Trinajstić information content (AvgIpc) is 3.46. The number of benzene rings is 2. The van der Waals surface area contributed by atoms with Crippen LogP contribution in [0, 0.1) is 0 Å². The van der Waals surface area contributed by atoms with E-state index in [1.54, 1.807) is 0 Å². The van der Waals surface area contributed by atoms with Crippen molar-refractivity contribution in [2.24, 2.45) is 0 Å². The van der Waals surface area contributed by atoms with E-state index in [4.69, 9.17) is 0 Å². The molecular formula is C27H34ClN5O. The normalized spacial score (nSPS) is 21.4. The maximum absolute atomic E-state index is 11.9. The second-order valence-electron chi connectivity index (χ2n) is 9.55. The number of hydrogen-bond donors (Lipinski definition) is 4. The minimum atomic E-state index is -0.157. The monoisotopic (exact) mass is 479 g/mol. The lowest BCUT2D eigenvalue weighted by atomic mass is 9.74. The predicted molar refractivity (Wildman–Crippen MR) is 141 cm³/mol. The van der Waals surface area contributed by atoms with Crippen molar-refractivity contribution in [1.82, 2.24) is 25.2 Å². The van der Waals surface area contributed by atoms with Gasteiger partial charge in [-0.25, -0.2) is 4.79 Å². The van der Waals surface area contributed by atoms with Gasteiger partial charge in [0.1, 0.15) is 0 Å². The van der Waals surface area contributed by atoms with E-state index in [1.165, 1.54) is 16.5 Å². The van der Waals surface area contributed by atoms with Gasteiger partial charge in [-0.05, 0) is 63.4 Å². The van der Waals surface area contributed by atoms with Gasteiger partial charge < -0.3 is 20.3 Å². The molecule has 1 fully saturated rings. The fourth-order valence-corrected chi connectivity index (χ4v) is 5.60. The summed E-state index contributed by atoms with van der Waals surface area (Å²) < 4.78 is 0. The molecular weight excluding hydrogens is 446 g/mol. The minimum absolute atomic E-state index is 0. The highest BCUT2D eigenvalue weighted by Gasteiger charge is 2.39. The third-order valence-electron chi connectivity index (χ3n) is 7.51. The van der Waals surface area contributed by atoms with Crippen LogP contribution in [0.15, 0.2) is 71.8 Å². The highest BCUT2D eigenvalue weighted by molar-refractivity contribution is 5.85. The standard InChI is InChI=1S/C27H33N5O.ClH/c1-32(2)27(20-8-4-3-5-9-20)14-12-21(13-15-27)30-24(25-18-29-26(33)31-25)16-19-17-28-23-11-7-6-10-22(19)23;/h3-11,17-18,21,24,28,30H,12-16H2,1-2H3,(H2,29,31,33);1H/t21?,24-,27?;/m0./s1. The summed E-state index contributed by atoms with van der Waals surface area (Å²) in [5, 5.41) is 5.13. The summed E-state index contributed by atoms with van der Waals surface area (Å²) >= 11 is 0. The van der Waals surface area contributed by atoms with E-state index in [2.05, 4.69) is 94.0 Å². The summed E-state index contributed by atoms with van der Waals surface area (Å²) in [7, 11) is 4.40. The van der Waals surface area contributed by atoms with E-state index >= 15 is 0 Å². The quantitative estimate of drug-likeness (QED) is 0.305. The van der Waals surface area contributed by atoms with E-state index in [0.717, 1.165) is 43.3 Å². The highest BCUT2D eigenvalue weighted by Crippen LogP contribution is 2.41. The Morgan fingerprint density at radius 3 is 2.38 bits per heavy atom. The van der Waals surface area contributed by atoms with Crippen molar-refractivity contribution in [3.05, 3.63) is 94.3 Å². The van der Waals surface area contributed by atoms with Crippen LogP contribution in [-0.2, 0) is 12.0 Å². The molecule has 0 amide bonds. The Morgan fingerprint density at radius 2 is 1.71 bits per heavy atom. The molecule has 0 unspecified atom stereocenters. The van der Waals surface area contributed by atoms with Crippen molar-refractivity contribution in [2.45, 2.75) is 49.7 Å². The SMILES string of the molecule is CN(C)C1(c2ccccc2)CCC(N[C@@H](Cc2c[nH]c3ccccc23)c2c[nH]c(=O)[nH]2)CC1.Cl. The van der Waals surface area contributed by atoms with Crippen molar-refractivity contribution >= 4 is 23.3 Å². The Morgan fingerprint density at radius 1 is 1.00 bits per heavy atom. The van der Waals surface area contributed by atoms with Gasteiger partial charge in [-0.15, -0.1) is 12.4 Å². The van der Waals surface area contributed by atoms with E-state index in [1.807, 2.05) is 12.3 Å². The minimum Gasteiger partial charge on any atom is -0.361 e. The maximum Gasteiger partial charge on any atom is 0.323 e. The summed E-state index contributed by atoms with van der Waals surface area (Å²) in [5.41, 5.74) is 4.64. The average molecular weight is 480 g/mol. The first-order valence-corrected chi connectivity index (χ1v) is 11.9. The van der Waals surface area contributed by atoms with Gasteiger partial charge in [0.15, 0.2) is 0 Å². The topological polar surface area (TPSA) is 79.7 Å². The molecule has 0 saturated heterocycles. The number of halogens is 1. The number of fused-ring (bicyclic) bond motifs is 1. The third-order valence-corrected chi connectivity index (χ3v) is 7.51. The van der Waals surface area contributed by atoms with Crippen molar-refractivity contribution in [1.29, 1.82) is 0 Å². The zero-order chi connectivity index (χ0) is 22.8. The van der Waals surface area contributed by atoms with Gasteiger partial charge in [-0.1, -0.05) is 48.5 Å². The van der Waals surface area contributed by atoms with Crippen LogP contribution < -0.4 is 11.0 Å². The highest BCUT2D eigenvalue weighted by atomic mass is 35.5. The van der Waals surface area contributed by atoms with E-state index in [-0.39, 0.29) is 29.7 Å². The number of nitrogens with one attached hydrogen (secondary N) is 4. The maximum atomic E-state index is 11.9. The first kappa shape index (κ1) is 24.3. The lowest BCUT2D eigenvalue weighted by molar-refractivity contribution is 0.0831. The number of para-hydroxylation sites is 1. The Labute approximate surface area is 206 Å². The van der Waals surface area contributed by atoms with E-state index in [0.29, 0.717) is 6.04 Å². The third kappa shape index (κ3) is 4.71. The second kappa shape index (κ2) is 10.2. The Kier molecular flexibility index (Phi) is 7.31. The number of rotatable bonds is 7. The van der Waals surface area contributed by atoms with Crippen LogP contribution in [0.1, 0.15) is 48.5 Å². The zero-order valence-corrected chi connectivity index (χ0v) is 20.6. The lowest BCUT2D eigenvalue weighted by Gasteiger charge is -2.46. The molecule has 1 atom stereocenters. The fourth-order valence-electron chi connectivity index (χ4n) is 5.60. The number of H-pyrrole nitrogens is 3. The molecule has 180 valence electrons. The molecule has 0 aliphatic heterocycles. The molecule has 7 heteroatoms. The first-order valence-electron chi connectivity index (χ1n) is 11.9. The smallest absolute Gasteiger partial charge is 0.323 e. The van der Waals surface area contributed by atoms with Crippen LogP contribution >= 0.6 is 12.4 Å². The molecule has 5 rings (SSSR count). The van der Waals surface area contributed by atoms with Gasteiger partial charge in [0.05, 0.1) is 11.7 Å². The molecule has 34 heavy (non-hydrogen) atoms. The Balaban J connectivity index is 0.00000274. The molecule has 0 bridgehead atoms. The Bertz CT molecular complexity index is 1250. The van der Waals surface area contributed by atoms with Crippen LogP contribution in [-0.4, -0.2) is 40.0 Å². The zero-order valence-electron chi connectivity index (χ0n) is 19.8. The van der Waals surface area contributed by atoms with Gasteiger partial charge in [-0.3, -0.25) is 4.90 Å². The number of aromatic nitrogens is 3. The fraction of sp³-hybridized carbons (Fsp3) is 0.370. The molecule has 4 aromatic rings. The largest absolute Gasteiger partial charge is 0.361 e. The van der Waals surface area contributed by atoms with Crippen LogP contribution in [0.25, 0.3) is 10.9 Å². The molecule has 0 spiro atoms.